The average molecular weight is 292 g/mol. The molecule has 2 aromatic carbocycles. The molecule has 0 aromatic heterocycles. The summed E-state index contributed by atoms with van der Waals surface area (Å²) in [5, 5.41) is 3.53. The summed E-state index contributed by atoms with van der Waals surface area (Å²) in [6, 6.07) is 19.0. The van der Waals surface area contributed by atoms with Crippen molar-refractivity contribution < 1.29 is 4.74 Å². The van der Waals surface area contributed by atoms with Crippen LogP contribution >= 0.6 is 12.4 Å². The van der Waals surface area contributed by atoms with Crippen LogP contribution in [0.2, 0.25) is 0 Å². The van der Waals surface area contributed by atoms with Crippen LogP contribution in [-0.4, -0.2) is 6.61 Å². The van der Waals surface area contributed by atoms with Gasteiger partial charge in [-0.2, -0.15) is 0 Å². The minimum atomic E-state index is 0. The number of benzene rings is 2. The molecule has 1 atom stereocenters. The molecule has 108 valence electrons. The van der Waals surface area contributed by atoms with E-state index in [9.17, 15) is 0 Å². The van der Waals surface area contributed by atoms with Gasteiger partial charge < -0.3 is 10.1 Å². The summed E-state index contributed by atoms with van der Waals surface area (Å²) < 4.78 is 5.63. The zero-order valence-corrected chi connectivity index (χ0v) is 12.8. The standard InChI is InChI=1S/C17H21NO.ClH/c1-3-19-17-12-8-7-11-16(17)13-18-14(2)15-9-5-4-6-10-15;/h4-12,14,18H,3,13H2,1-2H3;1H. The normalized spacial score (nSPS) is 11.5. The van der Waals surface area contributed by atoms with E-state index in [2.05, 4.69) is 42.6 Å². The highest BCUT2D eigenvalue weighted by molar-refractivity contribution is 5.85. The lowest BCUT2D eigenvalue weighted by Crippen LogP contribution is -2.18. The minimum Gasteiger partial charge on any atom is -0.494 e. The van der Waals surface area contributed by atoms with Crippen LogP contribution in [0.3, 0.4) is 0 Å². The molecule has 2 rings (SSSR count). The smallest absolute Gasteiger partial charge is 0.123 e. The Morgan fingerprint density at radius 1 is 1.00 bits per heavy atom. The average Bonchev–Trinajstić information content (AvgIpc) is 2.47. The highest BCUT2D eigenvalue weighted by atomic mass is 35.5. The first kappa shape index (κ1) is 16.5. The molecular weight excluding hydrogens is 270 g/mol. The molecule has 0 saturated carbocycles. The second-order valence-electron chi connectivity index (χ2n) is 4.55. The number of rotatable bonds is 6. The SMILES string of the molecule is CCOc1ccccc1CNC(C)c1ccccc1.Cl. The predicted octanol–water partition coefficient (Wildman–Crippen LogP) is 4.36. The number of para-hydroxylation sites is 1. The van der Waals surface area contributed by atoms with Crippen molar-refractivity contribution in [3.05, 3.63) is 65.7 Å². The van der Waals surface area contributed by atoms with E-state index in [-0.39, 0.29) is 12.4 Å². The van der Waals surface area contributed by atoms with Crippen molar-refractivity contribution in [2.75, 3.05) is 6.61 Å². The van der Waals surface area contributed by atoms with Gasteiger partial charge in [-0.3, -0.25) is 0 Å². The van der Waals surface area contributed by atoms with Crippen molar-refractivity contribution in [2.24, 2.45) is 0 Å². The van der Waals surface area contributed by atoms with Crippen LogP contribution in [0.25, 0.3) is 0 Å². The Morgan fingerprint density at radius 3 is 2.35 bits per heavy atom. The predicted molar refractivity (Wildman–Crippen MR) is 86.6 cm³/mol. The minimum absolute atomic E-state index is 0. The van der Waals surface area contributed by atoms with Gasteiger partial charge in [0.05, 0.1) is 6.61 Å². The Bertz CT molecular complexity index is 501. The maximum Gasteiger partial charge on any atom is 0.123 e. The Balaban J connectivity index is 0.00000200. The van der Waals surface area contributed by atoms with E-state index in [1.54, 1.807) is 0 Å². The quantitative estimate of drug-likeness (QED) is 0.854. The summed E-state index contributed by atoms with van der Waals surface area (Å²) in [6.07, 6.45) is 0. The molecule has 0 aliphatic heterocycles. The Morgan fingerprint density at radius 2 is 1.65 bits per heavy atom. The van der Waals surface area contributed by atoms with Gasteiger partial charge in [-0.25, -0.2) is 0 Å². The molecule has 20 heavy (non-hydrogen) atoms. The second-order valence-corrected chi connectivity index (χ2v) is 4.55. The molecule has 0 heterocycles. The fourth-order valence-electron chi connectivity index (χ4n) is 2.07. The van der Waals surface area contributed by atoms with Crippen LogP contribution in [-0.2, 0) is 6.54 Å². The number of halogens is 1. The highest BCUT2D eigenvalue weighted by Gasteiger charge is 2.06. The van der Waals surface area contributed by atoms with E-state index < -0.39 is 0 Å². The summed E-state index contributed by atoms with van der Waals surface area (Å²) in [5.41, 5.74) is 2.50. The summed E-state index contributed by atoms with van der Waals surface area (Å²) in [7, 11) is 0. The van der Waals surface area contributed by atoms with Crippen molar-refractivity contribution in [1.82, 2.24) is 5.32 Å². The van der Waals surface area contributed by atoms with E-state index in [0.717, 1.165) is 12.3 Å². The fourth-order valence-corrected chi connectivity index (χ4v) is 2.07. The van der Waals surface area contributed by atoms with Gasteiger partial charge in [0.25, 0.3) is 0 Å². The van der Waals surface area contributed by atoms with Crippen molar-refractivity contribution in [2.45, 2.75) is 26.4 Å². The number of ether oxygens (including phenoxy) is 1. The van der Waals surface area contributed by atoms with Gasteiger partial charge in [0.2, 0.25) is 0 Å². The summed E-state index contributed by atoms with van der Waals surface area (Å²) in [6.45, 7) is 5.70. The third-order valence-corrected chi connectivity index (χ3v) is 3.17. The maximum absolute atomic E-state index is 5.63. The number of hydrogen-bond donors (Lipinski definition) is 1. The van der Waals surface area contributed by atoms with Crippen LogP contribution < -0.4 is 10.1 Å². The lowest BCUT2D eigenvalue weighted by atomic mass is 10.1. The zero-order chi connectivity index (χ0) is 13.5. The Kier molecular flexibility index (Phi) is 7.13. The van der Waals surface area contributed by atoms with Gasteiger partial charge in [0, 0.05) is 18.2 Å². The number of hydrogen-bond acceptors (Lipinski definition) is 2. The Hall–Kier alpha value is -1.51. The van der Waals surface area contributed by atoms with E-state index in [1.807, 2.05) is 31.2 Å². The van der Waals surface area contributed by atoms with E-state index >= 15 is 0 Å². The molecule has 0 bridgehead atoms. The van der Waals surface area contributed by atoms with Gasteiger partial charge in [-0.1, -0.05) is 48.5 Å². The molecule has 0 aliphatic carbocycles. The van der Waals surface area contributed by atoms with Crippen LogP contribution in [0.4, 0.5) is 0 Å². The maximum atomic E-state index is 5.63. The molecule has 0 amide bonds. The van der Waals surface area contributed by atoms with Gasteiger partial charge >= 0.3 is 0 Å². The molecule has 0 spiro atoms. The van der Waals surface area contributed by atoms with Crippen molar-refractivity contribution in [3.63, 3.8) is 0 Å². The van der Waals surface area contributed by atoms with Crippen LogP contribution in [0.1, 0.15) is 31.0 Å². The summed E-state index contributed by atoms with van der Waals surface area (Å²) in [5.74, 6) is 0.970. The molecule has 0 aliphatic rings. The molecule has 0 saturated heterocycles. The van der Waals surface area contributed by atoms with Gasteiger partial charge in [-0.05, 0) is 25.5 Å². The third kappa shape index (κ3) is 4.55. The second kappa shape index (κ2) is 8.62. The van der Waals surface area contributed by atoms with Crippen LogP contribution in [0.5, 0.6) is 5.75 Å². The third-order valence-electron chi connectivity index (χ3n) is 3.17. The van der Waals surface area contributed by atoms with Crippen molar-refractivity contribution >= 4 is 12.4 Å². The first-order valence-corrected chi connectivity index (χ1v) is 6.80. The van der Waals surface area contributed by atoms with Crippen LogP contribution in [0.15, 0.2) is 54.6 Å². The molecule has 0 radical (unpaired) electrons. The van der Waals surface area contributed by atoms with E-state index in [1.165, 1.54) is 11.1 Å². The van der Waals surface area contributed by atoms with Gasteiger partial charge in [0.1, 0.15) is 5.75 Å². The topological polar surface area (TPSA) is 21.3 Å². The first-order valence-electron chi connectivity index (χ1n) is 6.80. The van der Waals surface area contributed by atoms with E-state index in [4.69, 9.17) is 4.74 Å². The molecule has 0 fully saturated rings. The summed E-state index contributed by atoms with van der Waals surface area (Å²) in [4.78, 5) is 0. The molecule has 2 aromatic rings. The van der Waals surface area contributed by atoms with Gasteiger partial charge in [-0.15, -0.1) is 12.4 Å². The molecule has 3 heteroatoms. The number of nitrogens with one attached hydrogen (secondary N) is 1. The lowest BCUT2D eigenvalue weighted by molar-refractivity contribution is 0.335. The van der Waals surface area contributed by atoms with Crippen molar-refractivity contribution in [3.8, 4) is 5.75 Å². The van der Waals surface area contributed by atoms with Crippen LogP contribution in [0, 0.1) is 0 Å². The fraction of sp³-hybridized carbons (Fsp3) is 0.294. The van der Waals surface area contributed by atoms with Gasteiger partial charge in [0.15, 0.2) is 0 Å². The first-order chi connectivity index (χ1) is 9.31. The highest BCUT2D eigenvalue weighted by Crippen LogP contribution is 2.19. The summed E-state index contributed by atoms with van der Waals surface area (Å²) >= 11 is 0. The lowest BCUT2D eigenvalue weighted by Gasteiger charge is -2.16. The molecular formula is C17H22ClNO. The Labute approximate surface area is 127 Å². The monoisotopic (exact) mass is 291 g/mol. The molecule has 2 nitrogen and oxygen atoms in total. The van der Waals surface area contributed by atoms with E-state index in [0.29, 0.717) is 12.6 Å². The zero-order valence-electron chi connectivity index (χ0n) is 12.0. The largest absolute Gasteiger partial charge is 0.494 e. The molecule has 1 N–H and O–H groups in total. The molecule has 1 unspecified atom stereocenters. The van der Waals surface area contributed by atoms with Crippen molar-refractivity contribution in [1.29, 1.82) is 0 Å².